The van der Waals surface area contributed by atoms with Gasteiger partial charge in [-0.2, -0.15) is 0 Å². The third kappa shape index (κ3) is 10.1. The summed E-state index contributed by atoms with van der Waals surface area (Å²) in [7, 11) is 3.00. The van der Waals surface area contributed by atoms with E-state index in [1.54, 1.807) is 0 Å². The van der Waals surface area contributed by atoms with Gasteiger partial charge in [-0.1, -0.05) is 29.7 Å². The predicted molar refractivity (Wildman–Crippen MR) is 104 cm³/mol. The summed E-state index contributed by atoms with van der Waals surface area (Å²) in [6, 6.07) is 8.75. The van der Waals surface area contributed by atoms with Crippen molar-refractivity contribution in [3.8, 4) is 9.75 Å². The van der Waals surface area contributed by atoms with Gasteiger partial charge in [-0.25, -0.2) is 0 Å². The molecule has 0 aliphatic heterocycles. The van der Waals surface area contributed by atoms with Crippen LogP contribution in [0.2, 0.25) is 0 Å². The first-order valence-electron chi connectivity index (χ1n) is 5.04. The summed E-state index contributed by atoms with van der Waals surface area (Å²) in [6.07, 6.45) is 0. The molecule has 20 heavy (non-hydrogen) atoms. The van der Waals surface area contributed by atoms with Crippen LogP contribution in [0.15, 0.2) is 24.3 Å². The maximum absolute atomic E-state index is 4.50. The van der Waals surface area contributed by atoms with Crippen LogP contribution in [0.3, 0.4) is 0 Å². The molecule has 2 aromatic rings. The normalized spacial score (nSPS) is 6.90. The highest BCUT2D eigenvalue weighted by Gasteiger charge is 2.01. The zero-order valence-corrected chi connectivity index (χ0v) is 11.9. The Hall–Kier alpha value is -0.680. The second-order valence-corrected chi connectivity index (χ2v) is 5.40. The van der Waals surface area contributed by atoms with Gasteiger partial charge in [0.05, 0.1) is 0 Å². The van der Waals surface area contributed by atoms with E-state index < -0.39 is 0 Å². The molecule has 0 aliphatic carbocycles. The minimum Gasteiger partial charge on any atom is -0.333 e. The predicted octanol–water partition coefficient (Wildman–Crippen LogP) is 5.79. The summed E-state index contributed by atoms with van der Waals surface area (Å²) >= 11 is 3.73. The lowest BCUT2D eigenvalue weighted by Gasteiger charge is -1.87. The molecule has 0 saturated carbocycles. The zero-order valence-electron chi connectivity index (χ0n) is 10.3. The van der Waals surface area contributed by atoms with E-state index >= 15 is 0 Å². The monoisotopic (exact) mass is 320 g/mol. The van der Waals surface area contributed by atoms with E-state index in [1.165, 1.54) is 33.6 Å². The van der Waals surface area contributed by atoms with E-state index in [9.17, 15) is 0 Å². The number of aryl methyl sites for hydroxylation is 2. The first kappa shape index (κ1) is 31.6. The van der Waals surface area contributed by atoms with Crippen molar-refractivity contribution in [2.24, 2.45) is 11.5 Å². The molecule has 0 bridgehead atoms. The summed E-state index contributed by atoms with van der Waals surface area (Å²) in [6.45, 7) is 4.29. The van der Waals surface area contributed by atoms with Gasteiger partial charge in [0.1, 0.15) is 0 Å². The molecule has 0 atom stereocenters. The van der Waals surface area contributed by atoms with Crippen LogP contribution >= 0.6 is 22.7 Å². The van der Waals surface area contributed by atoms with Crippen LogP contribution in [0.5, 0.6) is 0 Å². The van der Waals surface area contributed by atoms with Crippen molar-refractivity contribution in [1.29, 1.82) is 0 Å². The van der Waals surface area contributed by atoms with Crippen LogP contribution in [-0.2, 0) is 0 Å². The molecule has 0 amide bonds. The second-order valence-electron chi connectivity index (χ2n) is 2.82. The molecule has 0 saturated heterocycles. The Labute approximate surface area is 135 Å². The van der Waals surface area contributed by atoms with Gasteiger partial charge in [0.15, 0.2) is 0 Å². The zero-order chi connectivity index (χ0) is 12.6. The quantitative estimate of drug-likeness (QED) is 0.699. The molecule has 4 N–H and O–H groups in total. The van der Waals surface area contributed by atoms with Crippen molar-refractivity contribution in [3.05, 3.63) is 34.0 Å². The van der Waals surface area contributed by atoms with Crippen molar-refractivity contribution in [2.45, 2.75) is 43.6 Å². The molecular weight excluding hydrogens is 284 g/mol. The Bertz CT molecular complexity index is 354. The first-order chi connectivity index (χ1) is 7.75. The molecule has 0 spiro atoms. The van der Waals surface area contributed by atoms with Crippen LogP contribution in [-0.4, -0.2) is 14.1 Å². The molecule has 0 fully saturated rings. The van der Waals surface area contributed by atoms with Gasteiger partial charge in [-0.15, -0.1) is 22.7 Å². The molecule has 0 aliphatic rings. The Balaban J connectivity index is -0.0000000868. The van der Waals surface area contributed by atoms with Crippen LogP contribution in [0.25, 0.3) is 9.75 Å². The Morgan fingerprint density at radius 2 is 0.850 bits per heavy atom. The van der Waals surface area contributed by atoms with E-state index in [0.717, 1.165) is 0 Å². The number of hydrogen-bond donors (Lipinski definition) is 2. The fourth-order valence-electron chi connectivity index (χ4n) is 1.13. The third-order valence-electron chi connectivity index (χ3n) is 1.72. The molecule has 0 radical (unpaired) electrons. The molecule has 122 valence electrons. The van der Waals surface area contributed by atoms with Gasteiger partial charge in [0.25, 0.3) is 0 Å². The van der Waals surface area contributed by atoms with Crippen molar-refractivity contribution in [2.75, 3.05) is 14.1 Å². The molecule has 2 aromatic heterocycles. The average Bonchev–Trinajstić information content (AvgIpc) is 2.93. The number of rotatable bonds is 1. The van der Waals surface area contributed by atoms with E-state index in [1.807, 2.05) is 22.7 Å². The largest absolute Gasteiger partial charge is 0.333 e. The highest BCUT2D eigenvalue weighted by atomic mass is 32.1. The summed E-state index contributed by atoms with van der Waals surface area (Å²) in [4.78, 5) is 5.56. The highest BCUT2D eigenvalue weighted by molar-refractivity contribution is 7.22. The Morgan fingerprint density at radius 3 is 1.00 bits per heavy atom. The van der Waals surface area contributed by atoms with Crippen molar-refractivity contribution < 1.29 is 0 Å². The average molecular weight is 321 g/mol. The minimum atomic E-state index is 0. The lowest BCUT2D eigenvalue weighted by Crippen LogP contribution is -1.69. The number of thiophene rings is 2. The third-order valence-corrected chi connectivity index (χ3v) is 3.92. The van der Waals surface area contributed by atoms with Crippen LogP contribution in [0.4, 0.5) is 0 Å². The van der Waals surface area contributed by atoms with Gasteiger partial charge in [-0.05, 0) is 52.2 Å². The highest BCUT2D eigenvalue weighted by Crippen LogP contribution is 2.32. The standard InChI is InChI=1S/C10H10S2.2CH5N.4CH4/c1-7-3-5-9(11-7)10-6-4-8(2)12-10;2*1-2;;;;/h3-6H,1-2H3;2*2H2,1H3;4*1H4. The summed E-state index contributed by atoms with van der Waals surface area (Å²) in [5, 5.41) is 0. The topological polar surface area (TPSA) is 52.0 Å². The molecule has 2 nitrogen and oxygen atoms in total. The molecule has 0 unspecified atom stereocenters. The second kappa shape index (κ2) is 18.3. The first-order valence-corrected chi connectivity index (χ1v) is 6.68. The van der Waals surface area contributed by atoms with Gasteiger partial charge in [0.2, 0.25) is 0 Å². The van der Waals surface area contributed by atoms with Crippen molar-refractivity contribution in [3.63, 3.8) is 0 Å². The molecule has 0 aromatic carbocycles. The van der Waals surface area contributed by atoms with E-state index in [-0.39, 0.29) is 29.7 Å². The number of nitrogens with two attached hydrogens (primary N) is 2. The van der Waals surface area contributed by atoms with Crippen molar-refractivity contribution >= 4 is 22.7 Å². The summed E-state index contributed by atoms with van der Waals surface area (Å²) in [5.41, 5.74) is 9.00. The van der Waals surface area contributed by atoms with E-state index in [2.05, 4.69) is 49.6 Å². The van der Waals surface area contributed by atoms with Gasteiger partial charge >= 0.3 is 0 Å². The van der Waals surface area contributed by atoms with E-state index in [4.69, 9.17) is 0 Å². The Kier molecular flexibility index (Phi) is 29.0. The van der Waals surface area contributed by atoms with E-state index in [0.29, 0.717) is 0 Å². The molecule has 2 heterocycles. The SMILES string of the molecule is C.C.C.C.CN.CN.Cc1ccc(-c2ccc(C)s2)s1. The minimum absolute atomic E-state index is 0. The lowest BCUT2D eigenvalue weighted by atomic mass is 10.3. The molecule has 4 heteroatoms. The van der Waals surface area contributed by atoms with Gasteiger partial charge in [-0.3, -0.25) is 0 Å². The molecular formula is C16H36N2S2. The maximum Gasteiger partial charge on any atom is 0.0445 e. The number of hydrogen-bond acceptors (Lipinski definition) is 4. The molecule has 2 rings (SSSR count). The van der Waals surface area contributed by atoms with Gasteiger partial charge < -0.3 is 11.5 Å². The van der Waals surface area contributed by atoms with Crippen LogP contribution in [0.1, 0.15) is 39.5 Å². The fourth-order valence-corrected chi connectivity index (χ4v) is 2.96. The summed E-state index contributed by atoms with van der Waals surface area (Å²) in [5.74, 6) is 0. The Morgan fingerprint density at radius 1 is 0.600 bits per heavy atom. The smallest absolute Gasteiger partial charge is 0.0445 e. The van der Waals surface area contributed by atoms with Crippen LogP contribution in [0, 0.1) is 13.8 Å². The fraction of sp³-hybridized carbons (Fsp3) is 0.500. The van der Waals surface area contributed by atoms with Crippen molar-refractivity contribution in [1.82, 2.24) is 0 Å². The maximum atomic E-state index is 4.50. The lowest BCUT2D eigenvalue weighted by molar-refractivity contribution is 1.48. The summed E-state index contributed by atoms with van der Waals surface area (Å²) < 4.78 is 0. The van der Waals surface area contributed by atoms with Crippen LogP contribution < -0.4 is 11.5 Å². The van der Waals surface area contributed by atoms with Gasteiger partial charge in [0, 0.05) is 19.5 Å².